The number of fused-ring (bicyclic) bond motifs is 10. The summed E-state index contributed by atoms with van der Waals surface area (Å²) in [5, 5.41) is 0. The van der Waals surface area contributed by atoms with Crippen molar-refractivity contribution in [2.45, 2.75) is 135 Å². The first-order chi connectivity index (χ1) is 27.3. The summed E-state index contributed by atoms with van der Waals surface area (Å²) < 4.78 is 0. The fourth-order valence-corrected chi connectivity index (χ4v) is 20.9. The summed E-state index contributed by atoms with van der Waals surface area (Å²) in [5.74, 6) is 21.0. The molecule has 0 radical (unpaired) electrons. The van der Waals surface area contributed by atoms with Crippen LogP contribution in [0, 0.1) is 118 Å². The molecule has 2 aromatic carbocycles. The van der Waals surface area contributed by atoms with Gasteiger partial charge in [-0.2, -0.15) is 0 Å². The maximum atomic E-state index is 2.97. The molecule has 0 nitrogen and oxygen atoms in total. The minimum Gasteiger partial charge on any atom is -0.0723 e. The molecule has 2 aromatic rings. The zero-order valence-electron chi connectivity index (χ0n) is 34.2. The largest absolute Gasteiger partial charge is 0.0723 e. The van der Waals surface area contributed by atoms with Crippen LogP contribution < -0.4 is 0 Å². The van der Waals surface area contributed by atoms with Crippen molar-refractivity contribution in [3.8, 4) is 0 Å². The molecule has 0 bridgehead atoms. The standard InChI is InChI=1S/C55H72/c1-3-15-32(16-4-1)45-30-35(29-34-19-7-8-20-36(34)45)49-43-27-14-28-44-51-40-24-12-9-21-37(40)41-25-13-26-42(50(41)51)47-31-46-38-22-10-11-23-39(38)48(33-17-5-2-6-18-33)53(46)55(49)54(47)52(43)44/h1,3-4,7-8,15-16,19-20,30,33,35,37-44,46-55H,2,5-6,9-14,17-18,21-29,31H2. The van der Waals surface area contributed by atoms with Crippen molar-refractivity contribution < 1.29 is 0 Å². The lowest BCUT2D eigenvalue weighted by atomic mass is 9.51. The second kappa shape index (κ2) is 13.4. The number of rotatable bonds is 3. The monoisotopic (exact) mass is 733 g/mol. The molecule has 292 valence electrons. The molecule has 13 rings (SSSR count). The predicted octanol–water partition coefficient (Wildman–Crippen LogP) is 13.9. The Morgan fingerprint density at radius 3 is 1.62 bits per heavy atom. The first-order valence-corrected chi connectivity index (χ1v) is 25.2. The third-order valence-electron chi connectivity index (χ3n) is 21.6. The molecular weight excluding hydrogens is 661 g/mol. The highest BCUT2D eigenvalue weighted by Crippen LogP contribution is 2.78. The van der Waals surface area contributed by atoms with E-state index in [1.807, 2.05) is 0 Å². The average molecular weight is 733 g/mol. The summed E-state index contributed by atoms with van der Waals surface area (Å²) in [5.41, 5.74) is 6.30. The van der Waals surface area contributed by atoms with Crippen molar-refractivity contribution >= 4 is 5.57 Å². The van der Waals surface area contributed by atoms with E-state index in [2.05, 4.69) is 60.7 Å². The van der Waals surface area contributed by atoms with Crippen molar-refractivity contribution in [3.05, 3.63) is 77.4 Å². The topological polar surface area (TPSA) is 0 Å². The van der Waals surface area contributed by atoms with Gasteiger partial charge in [0.2, 0.25) is 0 Å². The molecule has 0 amide bonds. The molecule has 0 spiro atoms. The van der Waals surface area contributed by atoms with Crippen LogP contribution in [0.3, 0.4) is 0 Å². The molecule has 11 aliphatic carbocycles. The molecule has 0 heteroatoms. The molecule has 0 aliphatic heterocycles. The van der Waals surface area contributed by atoms with E-state index in [-0.39, 0.29) is 0 Å². The lowest BCUT2D eigenvalue weighted by molar-refractivity contribution is -0.0520. The Kier molecular flexibility index (Phi) is 8.27. The van der Waals surface area contributed by atoms with E-state index in [1.54, 1.807) is 139 Å². The fraction of sp³-hybridized carbons (Fsp3) is 0.745. The van der Waals surface area contributed by atoms with Gasteiger partial charge in [0.05, 0.1) is 0 Å². The van der Waals surface area contributed by atoms with Gasteiger partial charge in [-0.15, -0.1) is 0 Å². The summed E-state index contributed by atoms with van der Waals surface area (Å²) in [6, 6.07) is 21.5. The van der Waals surface area contributed by atoms with E-state index >= 15 is 0 Å². The Balaban J connectivity index is 1.01. The highest BCUT2D eigenvalue weighted by atomic mass is 14.8. The summed E-state index contributed by atoms with van der Waals surface area (Å²) in [6.45, 7) is 0. The van der Waals surface area contributed by atoms with Gasteiger partial charge in [0.1, 0.15) is 0 Å². The van der Waals surface area contributed by atoms with Crippen LogP contribution in [0.1, 0.15) is 145 Å². The van der Waals surface area contributed by atoms with E-state index in [0.717, 1.165) is 118 Å². The number of benzene rings is 2. The third kappa shape index (κ3) is 4.93. The predicted molar refractivity (Wildman–Crippen MR) is 226 cm³/mol. The van der Waals surface area contributed by atoms with Gasteiger partial charge in [0, 0.05) is 0 Å². The summed E-state index contributed by atoms with van der Waals surface area (Å²) in [4.78, 5) is 0. The first-order valence-electron chi connectivity index (χ1n) is 25.2. The molecule has 0 aromatic heterocycles. The van der Waals surface area contributed by atoms with Gasteiger partial charge in [-0.25, -0.2) is 0 Å². The molecule has 55 heavy (non-hydrogen) atoms. The normalized spacial score (nSPS) is 50.7. The Labute approximate surface area is 334 Å². The van der Waals surface area contributed by atoms with Gasteiger partial charge in [0.25, 0.3) is 0 Å². The second-order valence-corrected chi connectivity index (χ2v) is 22.8. The highest BCUT2D eigenvalue weighted by molar-refractivity contribution is 5.82. The lowest BCUT2D eigenvalue weighted by Crippen LogP contribution is -2.48. The number of hydrogen-bond donors (Lipinski definition) is 0. The summed E-state index contributed by atoms with van der Waals surface area (Å²) >= 11 is 0. The maximum absolute atomic E-state index is 2.97. The maximum Gasteiger partial charge on any atom is -0.0146 e. The molecule has 19 atom stereocenters. The van der Waals surface area contributed by atoms with Crippen LogP contribution in [0.25, 0.3) is 5.57 Å². The van der Waals surface area contributed by atoms with Crippen LogP contribution in [0.5, 0.6) is 0 Å². The summed E-state index contributed by atoms with van der Waals surface area (Å²) in [6.07, 6.45) is 36.1. The Bertz CT molecular complexity index is 1760. The third-order valence-corrected chi connectivity index (χ3v) is 21.6. The van der Waals surface area contributed by atoms with Crippen molar-refractivity contribution in [1.82, 2.24) is 0 Å². The van der Waals surface area contributed by atoms with Crippen molar-refractivity contribution in [2.24, 2.45) is 118 Å². The molecular formula is C55H72. The minimum absolute atomic E-state index is 0.723. The Hall–Kier alpha value is -1.82. The molecule has 0 heterocycles. The van der Waals surface area contributed by atoms with E-state index in [4.69, 9.17) is 0 Å². The van der Waals surface area contributed by atoms with Crippen LogP contribution in [0.4, 0.5) is 0 Å². The van der Waals surface area contributed by atoms with E-state index < -0.39 is 0 Å². The van der Waals surface area contributed by atoms with Gasteiger partial charge in [0.15, 0.2) is 0 Å². The van der Waals surface area contributed by atoms with Gasteiger partial charge >= 0.3 is 0 Å². The van der Waals surface area contributed by atoms with Gasteiger partial charge < -0.3 is 0 Å². The van der Waals surface area contributed by atoms with Crippen LogP contribution >= 0.6 is 0 Å². The molecule has 11 aliphatic rings. The lowest BCUT2D eigenvalue weighted by Gasteiger charge is -2.53. The summed E-state index contributed by atoms with van der Waals surface area (Å²) in [7, 11) is 0. The zero-order valence-corrected chi connectivity index (χ0v) is 34.2. The Morgan fingerprint density at radius 2 is 0.855 bits per heavy atom. The second-order valence-electron chi connectivity index (χ2n) is 22.8. The van der Waals surface area contributed by atoms with Crippen LogP contribution in [-0.4, -0.2) is 0 Å². The van der Waals surface area contributed by atoms with E-state index in [9.17, 15) is 0 Å². The van der Waals surface area contributed by atoms with Crippen molar-refractivity contribution in [3.63, 3.8) is 0 Å². The molecule has 19 unspecified atom stereocenters. The number of allylic oxidation sites excluding steroid dienone is 1. The van der Waals surface area contributed by atoms with Gasteiger partial charge in [-0.05, 0) is 205 Å². The molecule has 10 saturated carbocycles. The highest BCUT2D eigenvalue weighted by Gasteiger charge is 2.72. The van der Waals surface area contributed by atoms with E-state index in [1.165, 1.54) is 18.4 Å². The van der Waals surface area contributed by atoms with Crippen molar-refractivity contribution in [1.29, 1.82) is 0 Å². The molecule has 10 fully saturated rings. The van der Waals surface area contributed by atoms with Gasteiger partial charge in [-0.3, -0.25) is 0 Å². The van der Waals surface area contributed by atoms with Crippen LogP contribution in [0.15, 0.2) is 60.7 Å². The molecule has 0 saturated heterocycles. The first kappa shape index (κ1) is 34.1. The van der Waals surface area contributed by atoms with Crippen LogP contribution in [0.2, 0.25) is 0 Å². The SMILES string of the molecule is C1=C(c2ccccc2)c2ccccc2CC1C1C2CCCC3C4C5CCCCC5C5CCCC(C6CC7C8CCCCC8C(C8CCCCC8)C7C1C6C23)C54. The minimum atomic E-state index is 0.723. The zero-order chi connectivity index (χ0) is 35.8. The number of hydrogen-bond acceptors (Lipinski definition) is 0. The van der Waals surface area contributed by atoms with E-state index in [0.29, 0.717) is 0 Å². The fourth-order valence-electron chi connectivity index (χ4n) is 20.9. The quantitative estimate of drug-likeness (QED) is 0.295. The van der Waals surface area contributed by atoms with Crippen molar-refractivity contribution in [2.75, 3.05) is 0 Å². The average Bonchev–Trinajstić information content (AvgIpc) is 3.87. The van der Waals surface area contributed by atoms with Crippen LogP contribution in [-0.2, 0) is 6.42 Å². The Morgan fingerprint density at radius 1 is 0.345 bits per heavy atom. The smallest absolute Gasteiger partial charge is 0.0146 e. The molecule has 0 N–H and O–H groups in total. The van der Waals surface area contributed by atoms with Gasteiger partial charge in [-0.1, -0.05) is 131 Å².